The second-order valence-electron chi connectivity index (χ2n) is 11.1. The second-order valence-corrected chi connectivity index (χ2v) is 11.1. The number of ether oxygens (including phenoxy) is 2. The number of likely N-dealkylation sites (tertiary alicyclic amines) is 1. The Morgan fingerprint density at radius 2 is 1.56 bits per heavy atom. The van der Waals surface area contributed by atoms with Crippen LogP contribution < -0.4 is 19.7 Å². The molecule has 9 heteroatoms. The highest BCUT2D eigenvalue weighted by atomic mass is 19.1. The molecule has 2 fully saturated rings. The molecule has 1 heterocycles. The van der Waals surface area contributed by atoms with Crippen LogP contribution in [0.5, 0.6) is 11.5 Å². The van der Waals surface area contributed by atoms with Crippen molar-refractivity contribution in [1.82, 2.24) is 10.2 Å². The summed E-state index contributed by atoms with van der Waals surface area (Å²) >= 11 is 0. The summed E-state index contributed by atoms with van der Waals surface area (Å²) in [7, 11) is 4.70. The van der Waals surface area contributed by atoms with Gasteiger partial charge in [0.1, 0.15) is 17.3 Å². The molecule has 1 aliphatic heterocycles. The molecule has 0 bridgehead atoms. The number of hydrogen-bond acceptors (Lipinski definition) is 5. The van der Waals surface area contributed by atoms with Crippen LogP contribution in [0.25, 0.3) is 0 Å². The van der Waals surface area contributed by atoms with Crippen molar-refractivity contribution in [3.63, 3.8) is 0 Å². The van der Waals surface area contributed by atoms with Crippen molar-refractivity contribution in [1.29, 1.82) is 0 Å². The number of carbonyl (C=O) groups is 2. The highest BCUT2D eigenvalue weighted by Crippen LogP contribution is 2.49. The van der Waals surface area contributed by atoms with Gasteiger partial charge >= 0.3 is 0 Å². The van der Waals surface area contributed by atoms with Crippen molar-refractivity contribution in [3.8, 4) is 11.5 Å². The molecule has 41 heavy (non-hydrogen) atoms. The summed E-state index contributed by atoms with van der Waals surface area (Å²) in [5.74, 6) is -0.992. The number of nitrogens with one attached hydrogen (secondary N) is 1. The molecule has 0 unspecified atom stereocenters. The molecule has 3 aromatic rings. The normalized spacial score (nSPS) is 16.2. The van der Waals surface area contributed by atoms with Gasteiger partial charge in [-0.2, -0.15) is 0 Å². The van der Waals surface area contributed by atoms with Crippen molar-refractivity contribution < 1.29 is 27.8 Å². The smallest absolute Gasteiger partial charge is 0.254 e. The quantitative estimate of drug-likeness (QED) is 0.396. The number of anilines is 1. The van der Waals surface area contributed by atoms with Crippen LogP contribution in [-0.4, -0.2) is 57.1 Å². The molecule has 0 radical (unpaired) electrons. The molecule has 1 saturated carbocycles. The predicted molar refractivity (Wildman–Crippen MR) is 153 cm³/mol. The number of piperidine rings is 1. The van der Waals surface area contributed by atoms with Crippen molar-refractivity contribution in [2.24, 2.45) is 5.41 Å². The lowest BCUT2D eigenvalue weighted by atomic mass is 9.60. The first kappa shape index (κ1) is 28.4. The van der Waals surface area contributed by atoms with E-state index in [0.717, 1.165) is 43.4 Å². The van der Waals surface area contributed by atoms with E-state index >= 15 is 8.78 Å². The van der Waals surface area contributed by atoms with Crippen LogP contribution in [0.4, 0.5) is 14.5 Å². The molecule has 5 rings (SSSR count). The van der Waals surface area contributed by atoms with Crippen molar-refractivity contribution in [3.05, 3.63) is 89.0 Å². The van der Waals surface area contributed by atoms with E-state index in [0.29, 0.717) is 36.7 Å². The van der Waals surface area contributed by atoms with Crippen LogP contribution in [0.3, 0.4) is 0 Å². The maximum Gasteiger partial charge on any atom is 0.254 e. The standard InChI is InChI=1S/C32H35F2N3O4/c1-36(20-21-7-5-4-6-8-21)29-25(33)15-23(16-26(29)34)31(39)37-13-11-32(12-14-37)18-24(19-32)35-30(38)22-9-10-27(40-2)28(17-22)41-3/h4-10,15-17,24H,11-14,18-20H2,1-3H3,(H,35,38). The summed E-state index contributed by atoms with van der Waals surface area (Å²) in [6.07, 6.45) is 3.23. The summed E-state index contributed by atoms with van der Waals surface area (Å²) in [4.78, 5) is 29.1. The van der Waals surface area contributed by atoms with Gasteiger partial charge in [0, 0.05) is 43.9 Å². The Hall–Kier alpha value is -4.14. The molecular formula is C32H35F2N3O4. The number of halogens is 2. The first-order valence-electron chi connectivity index (χ1n) is 13.8. The first-order valence-corrected chi connectivity index (χ1v) is 13.8. The largest absolute Gasteiger partial charge is 0.493 e. The van der Waals surface area contributed by atoms with Gasteiger partial charge in [-0.1, -0.05) is 30.3 Å². The van der Waals surface area contributed by atoms with E-state index in [1.807, 2.05) is 30.3 Å². The van der Waals surface area contributed by atoms with Gasteiger partial charge in [0.2, 0.25) is 0 Å². The summed E-state index contributed by atoms with van der Waals surface area (Å²) in [5, 5.41) is 3.09. The van der Waals surface area contributed by atoms with Crippen LogP contribution in [0.1, 0.15) is 52.0 Å². The summed E-state index contributed by atoms with van der Waals surface area (Å²) in [6, 6.07) is 16.8. The van der Waals surface area contributed by atoms with E-state index in [1.54, 1.807) is 37.3 Å². The van der Waals surface area contributed by atoms with Gasteiger partial charge in [-0.05, 0) is 67.0 Å². The summed E-state index contributed by atoms with van der Waals surface area (Å²) in [5.41, 5.74) is 1.35. The zero-order valence-corrected chi connectivity index (χ0v) is 23.6. The van der Waals surface area contributed by atoms with Crippen LogP contribution in [-0.2, 0) is 6.54 Å². The fourth-order valence-corrected chi connectivity index (χ4v) is 6.10. The van der Waals surface area contributed by atoms with Gasteiger partial charge in [-0.3, -0.25) is 9.59 Å². The zero-order chi connectivity index (χ0) is 29.1. The van der Waals surface area contributed by atoms with Gasteiger partial charge in [0.05, 0.1) is 14.2 Å². The maximum atomic E-state index is 15.0. The maximum absolute atomic E-state index is 15.0. The molecule has 2 aliphatic rings. The Balaban J connectivity index is 1.14. The lowest BCUT2D eigenvalue weighted by molar-refractivity contribution is 0.00859. The SMILES string of the molecule is COc1ccc(C(=O)NC2CC3(CCN(C(=O)c4cc(F)c(N(C)Cc5ccccc5)c(F)c4)CC3)C2)cc1OC. The number of nitrogens with zero attached hydrogens (tertiary/aromatic N) is 2. The number of hydrogen-bond donors (Lipinski definition) is 1. The number of methoxy groups -OCH3 is 2. The van der Waals surface area contributed by atoms with Crippen molar-refractivity contribution in [2.45, 2.75) is 38.3 Å². The molecule has 1 saturated heterocycles. The summed E-state index contributed by atoms with van der Waals surface area (Å²) < 4.78 is 40.6. The minimum atomic E-state index is -0.757. The average molecular weight is 564 g/mol. The van der Waals surface area contributed by atoms with E-state index in [9.17, 15) is 9.59 Å². The number of amides is 2. The number of carbonyl (C=O) groups excluding carboxylic acids is 2. The van der Waals surface area contributed by atoms with Gasteiger partial charge in [-0.15, -0.1) is 0 Å². The van der Waals surface area contributed by atoms with Gasteiger partial charge in [0.15, 0.2) is 11.5 Å². The van der Waals surface area contributed by atoms with Crippen molar-refractivity contribution >= 4 is 17.5 Å². The van der Waals surface area contributed by atoms with Crippen LogP contribution in [0.15, 0.2) is 60.7 Å². The summed E-state index contributed by atoms with van der Waals surface area (Å²) in [6.45, 7) is 1.36. The Morgan fingerprint density at radius 1 is 0.927 bits per heavy atom. The topological polar surface area (TPSA) is 71.1 Å². The van der Waals surface area contributed by atoms with Gasteiger partial charge in [-0.25, -0.2) is 8.78 Å². The fraction of sp³-hybridized carbons (Fsp3) is 0.375. The van der Waals surface area contributed by atoms with Crippen molar-refractivity contribution in [2.75, 3.05) is 39.3 Å². The minimum Gasteiger partial charge on any atom is -0.493 e. The molecule has 1 aliphatic carbocycles. The Kier molecular flexibility index (Phi) is 8.15. The highest BCUT2D eigenvalue weighted by molar-refractivity contribution is 5.95. The van der Waals surface area contributed by atoms with E-state index in [2.05, 4.69) is 5.32 Å². The molecule has 1 spiro atoms. The Labute approximate surface area is 239 Å². The first-order chi connectivity index (χ1) is 19.7. The lowest BCUT2D eigenvalue weighted by Crippen LogP contribution is -2.55. The van der Waals surface area contributed by atoms with Crippen LogP contribution >= 0.6 is 0 Å². The Morgan fingerprint density at radius 3 is 2.17 bits per heavy atom. The molecule has 0 atom stereocenters. The van der Waals surface area contributed by atoms with E-state index in [-0.39, 0.29) is 34.5 Å². The molecule has 1 N–H and O–H groups in total. The fourth-order valence-electron chi connectivity index (χ4n) is 6.10. The van der Waals surface area contributed by atoms with E-state index in [1.165, 1.54) is 12.0 Å². The molecular weight excluding hydrogens is 528 g/mol. The molecule has 7 nitrogen and oxygen atoms in total. The lowest BCUT2D eigenvalue weighted by Gasteiger charge is -2.52. The minimum absolute atomic E-state index is 0.0153. The van der Waals surface area contributed by atoms with Crippen LogP contribution in [0, 0.1) is 17.0 Å². The monoisotopic (exact) mass is 563 g/mol. The predicted octanol–water partition coefficient (Wildman–Crippen LogP) is 5.43. The van der Waals surface area contributed by atoms with Gasteiger partial charge < -0.3 is 24.6 Å². The molecule has 0 aromatic heterocycles. The number of benzene rings is 3. The average Bonchev–Trinajstić information content (AvgIpc) is 2.96. The third kappa shape index (κ3) is 5.99. The molecule has 2 amide bonds. The third-order valence-corrected chi connectivity index (χ3v) is 8.36. The van der Waals surface area contributed by atoms with E-state index in [4.69, 9.17) is 9.47 Å². The Bertz CT molecular complexity index is 1390. The van der Waals surface area contributed by atoms with Gasteiger partial charge in [0.25, 0.3) is 11.8 Å². The second kappa shape index (κ2) is 11.8. The zero-order valence-electron chi connectivity index (χ0n) is 23.6. The highest BCUT2D eigenvalue weighted by Gasteiger charge is 2.47. The third-order valence-electron chi connectivity index (χ3n) is 8.36. The molecule has 216 valence electrons. The van der Waals surface area contributed by atoms with E-state index < -0.39 is 11.6 Å². The van der Waals surface area contributed by atoms with Crippen LogP contribution in [0.2, 0.25) is 0 Å². The molecule has 3 aromatic carbocycles. The number of rotatable bonds is 8.